The van der Waals surface area contributed by atoms with Crippen molar-refractivity contribution in [3.8, 4) is 0 Å². The molecular weight excluding hydrogens is 415 g/mol. The van der Waals surface area contributed by atoms with E-state index in [0.717, 1.165) is 37.7 Å². The molecule has 0 spiro atoms. The third kappa shape index (κ3) is 4.97. The van der Waals surface area contributed by atoms with Crippen molar-refractivity contribution in [3.63, 3.8) is 0 Å². The fourth-order valence-corrected chi connectivity index (χ4v) is 4.98. The van der Waals surface area contributed by atoms with Crippen LogP contribution >= 0.6 is 34.8 Å². The summed E-state index contributed by atoms with van der Waals surface area (Å²) >= 11 is 19.0. The van der Waals surface area contributed by atoms with Gasteiger partial charge in [0.2, 0.25) is 0 Å². The van der Waals surface area contributed by atoms with Crippen molar-refractivity contribution in [3.05, 3.63) is 68.7 Å². The molecule has 0 aliphatic heterocycles. The minimum Gasteiger partial charge on any atom is -0.299 e. The van der Waals surface area contributed by atoms with Crippen LogP contribution in [0.1, 0.15) is 66.8 Å². The monoisotopic (exact) mass is 436 g/mol. The number of carbonyl (C=O) groups excluding carboxylic acids is 2. The average Bonchev–Trinajstić information content (AvgIpc) is 2.64. The zero-order valence-electron chi connectivity index (χ0n) is 15.6. The molecule has 0 N–H and O–H groups in total. The average molecular weight is 438 g/mol. The maximum absolute atomic E-state index is 13.2. The van der Waals surface area contributed by atoms with Gasteiger partial charge in [0.15, 0.2) is 5.78 Å². The maximum Gasteiger partial charge on any atom is 0.166 e. The highest BCUT2D eigenvalue weighted by Gasteiger charge is 2.33. The fourth-order valence-electron chi connectivity index (χ4n) is 4.10. The first-order valence-electron chi connectivity index (χ1n) is 9.73. The number of hydrogen-bond donors (Lipinski definition) is 0. The van der Waals surface area contributed by atoms with Crippen LogP contribution in [-0.2, 0) is 4.79 Å². The first-order chi connectivity index (χ1) is 13.5. The van der Waals surface area contributed by atoms with E-state index in [2.05, 4.69) is 0 Å². The van der Waals surface area contributed by atoms with Crippen molar-refractivity contribution in [1.29, 1.82) is 0 Å². The standard InChI is InChI=1S/C23H23Cl3O2/c24-18-10-6-5-8-15(18)17(16-9-3-1-2-4-13-21(16)27)14-22(28)23-19(25)11-7-12-20(23)26/h5-8,10-12,16-17H,1-4,9,13-14H2/t16-,17-/m1/s1. The number of carbonyl (C=O) groups is 2. The van der Waals surface area contributed by atoms with Crippen molar-refractivity contribution in [2.75, 3.05) is 0 Å². The van der Waals surface area contributed by atoms with E-state index in [9.17, 15) is 9.59 Å². The molecule has 148 valence electrons. The van der Waals surface area contributed by atoms with Crippen LogP contribution < -0.4 is 0 Å². The van der Waals surface area contributed by atoms with Crippen LogP contribution in [0.4, 0.5) is 0 Å². The Hall–Kier alpha value is -1.35. The smallest absolute Gasteiger partial charge is 0.166 e. The Kier molecular flexibility index (Phi) is 7.56. The summed E-state index contributed by atoms with van der Waals surface area (Å²) < 4.78 is 0. The van der Waals surface area contributed by atoms with Crippen LogP contribution in [0.25, 0.3) is 0 Å². The van der Waals surface area contributed by atoms with E-state index in [1.54, 1.807) is 18.2 Å². The summed E-state index contributed by atoms with van der Waals surface area (Å²) in [7, 11) is 0. The van der Waals surface area contributed by atoms with Gasteiger partial charge < -0.3 is 0 Å². The van der Waals surface area contributed by atoms with Gasteiger partial charge in [-0.3, -0.25) is 9.59 Å². The third-order valence-corrected chi connectivity index (χ3v) is 6.51. The summed E-state index contributed by atoms with van der Waals surface area (Å²) in [6.07, 6.45) is 5.59. The molecule has 2 aromatic carbocycles. The molecular formula is C23H23Cl3O2. The molecule has 1 aliphatic rings. The number of ketones is 2. The highest BCUT2D eigenvalue weighted by molar-refractivity contribution is 6.39. The quantitative estimate of drug-likeness (QED) is 0.453. The van der Waals surface area contributed by atoms with Crippen LogP contribution in [0.5, 0.6) is 0 Å². The van der Waals surface area contributed by atoms with E-state index in [1.807, 2.05) is 24.3 Å². The Morgan fingerprint density at radius 2 is 1.54 bits per heavy atom. The lowest BCUT2D eigenvalue weighted by Gasteiger charge is -2.28. The van der Waals surface area contributed by atoms with Gasteiger partial charge in [-0.1, -0.05) is 78.3 Å². The summed E-state index contributed by atoms with van der Waals surface area (Å²) in [5.41, 5.74) is 1.17. The first kappa shape index (κ1) is 21.4. The Morgan fingerprint density at radius 3 is 2.25 bits per heavy atom. The molecule has 1 aliphatic carbocycles. The number of Topliss-reactive ketones (excluding diaryl/α,β-unsaturated/α-hetero) is 2. The number of halogens is 3. The predicted octanol–water partition coefficient (Wildman–Crippen LogP) is 7.54. The summed E-state index contributed by atoms with van der Waals surface area (Å²) in [4.78, 5) is 26.1. The molecule has 2 nitrogen and oxygen atoms in total. The summed E-state index contributed by atoms with van der Waals surface area (Å²) in [6, 6.07) is 12.5. The normalized spacial score (nSPS) is 19.0. The molecule has 0 unspecified atom stereocenters. The maximum atomic E-state index is 13.2. The van der Waals surface area contributed by atoms with E-state index >= 15 is 0 Å². The van der Waals surface area contributed by atoms with Crippen LogP contribution in [0.3, 0.4) is 0 Å². The van der Waals surface area contributed by atoms with Gasteiger partial charge in [0.1, 0.15) is 5.78 Å². The highest BCUT2D eigenvalue weighted by atomic mass is 35.5. The van der Waals surface area contributed by atoms with E-state index in [4.69, 9.17) is 34.8 Å². The fraction of sp³-hybridized carbons (Fsp3) is 0.391. The van der Waals surface area contributed by atoms with E-state index in [1.165, 1.54) is 0 Å². The molecule has 0 heterocycles. The van der Waals surface area contributed by atoms with Gasteiger partial charge >= 0.3 is 0 Å². The zero-order chi connectivity index (χ0) is 20.1. The summed E-state index contributed by atoms with van der Waals surface area (Å²) in [5, 5.41) is 1.25. The van der Waals surface area contributed by atoms with Gasteiger partial charge in [-0.05, 0) is 36.6 Å². The molecule has 5 heteroatoms. The van der Waals surface area contributed by atoms with E-state index in [-0.39, 0.29) is 29.8 Å². The van der Waals surface area contributed by atoms with Crippen molar-refractivity contribution in [2.45, 2.75) is 50.9 Å². The molecule has 2 aromatic rings. The second-order valence-corrected chi connectivity index (χ2v) is 8.60. The van der Waals surface area contributed by atoms with Crippen molar-refractivity contribution < 1.29 is 9.59 Å². The molecule has 1 saturated carbocycles. The molecule has 0 saturated heterocycles. The SMILES string of the molecule is O=C(C[C@H](c1ccccc1Cl)[C@H]1CCCCCCC1=O)c1c(Cl)cccc1Cl. The largest absolute Gasteiger partial charge is 0.299 e. The molecule has 0 radical (unpaired) electrons. The van der Waals surface area contributed by atoms with Crippen LogP contribution in [0.15, 0.2) is 42.5 Å². The first-order valence-corrected chi connectivity index (χ1v) is 10.9. The molecule has 0 amide bonds. The molecule has 2 atom stereocenters. The number of hydrogen-bond acceptors (Lipinski definition) is 2. The Labute approximate surface area is 181 Å². The van der Waals surface area contributed by atoms with Crippen LogP contribution in [0.2, 0.25) is 15.1 Å². The lowest BCUT2D eigenvalue weighted by atomic mass is 9.75. The van der Waals surface area contributed by atoms with Gasteiger partial charge in [0, 0.05) is 29.7 Å². The Morgan fingerprint density at radius 1 is 0.893 bits per heavy atom. The molecule has 28 heavy (non-hydrogen) atoms. The second-order valence-electron chi connectivity index (χ2n) is 7.38. The van der Waals surface area contributed by atoms with Gasteiger partial charge in [0.25, 0.3) is 0 Å². The van der Waals surface area contributed by atoms with E-state index in [0.29, 0.717) is 27.1 Å². The molecule has 0 bridgehead atoms. The van der Waals surface area contributed by atoms with Gasteiger partial charge in [-0.2, -0.15) is 0 Å². The lowest BCUT2D eigenvalue weighted by Crippen LogP contribution is -2.26. The van der Waals surface area contributed by atoms with Crippen molar-refractivity contribution >= 4 is 46.4 Å². The topological polar surface area (TPSA) is 34.1 Å². The van der Waals surface area contributed by atoms with Crippen molar-refractivity contribution in [2.24, 2.45) is 5.92 Å². The summed E-state index contributed by atoms with van der Waals surface area (Å²) in [6.45, 7) is 0. The Balaban J connectivity index is 1.98. The minimum atomic E-state index is -0.279. The second kappa shape index (κ2) is 9.91. The predicted molar refractivity (Wildman–Crippen MR) is 116 cm³/mol. The van der Waals surface area contributed by atoms with Crippen LogP contribution in [0, 0.1) is 5.92 Å². The molecule has 3 rings (SSSR count). The lowest BCUT2D eigenvalue weighted by molar-refractivity contribution is -0.124. The molecule has 0 aromatic heterocycles. The van der Waals surface area contributed by atoms with Gasteiger partial charge in [-0.15, -0.1) is 0 Å². The van der Waals surface area contributed by atoms with Crippen molar-refractivity contribution in [1.82, 2.24) is 0 Å². The zero-order valence-corrected chi connectivity index (χ0v) is 17.9. The molecule has 1 fully saturated rings. The van der Waals surface area contributed by atoms with E-state index < -0.39 is 0 Å². The third-order valence-electron chi connectivity index (χ3n) is 5.54. The highest BCUT2D eigenvalue weighted by Crippen LogP contribution is 2.40. The van der Waals surface area contributed by atoms with Gasteiger partial charge in [-0.25, -0.2) is 0 Å². The van der Waals surface area contributed by atoms with Crippen LogP contribution in [-0.4, -0.2) is 11.6 Å². The Bertz CT molecular complexity index is 842. The summed E-state index contributed by atoms with van der Waals surface area (Å²) in [5.74, 6) is -0.428. The minimum absolute atomic E-state index is 0.156. The van der Waals surface area contributed by atoms with Gasteiger partial charge in [0.05, 0.1) is 15.6 Å². The number of benzene rings is 2. The number of rotatable bonds is 5.